The lowest BCUT2D eigenvalue weighted by molar-refractivity contribution is -0.120. The lowest BCUT2D eigenvalue weighted by Gasteiger charge is -2.15. The molecular formula is C14H19BrN2O. The Kier molecular flexibility index (Phi) is 4.40. The van der Waals surface area contributed by atoms with Crippen LogP contribution in [0.4, 0.5) is 0 Å². The number of carbonyl (C=O) groups excluding carboxylic acids is 1. The van der Waals surface area contributed by atoms with E-state index in [0.29, 0.717) is 11.8 Å². The predicted molar refractivity (Wildman–Crippen MR) is 76.4 cm³/mol. The highest BCUT2D eigenvalue weighted by Crippen LogP contribution is 2.44. The van der Waals surface area contributed by atoms with Crippen molar-refractivity contribution < 1.29 is 4.79 Å². The minimum absolute atomic E-state index is 0.111. The Morgan fingerprint density at radius 1 is 1.28 bits per heavy atom. The molecule has 4 heteroatoms. The van der Waals surface area contributed by atoms with Gasteiger partial charge in [-0.15, -0.1) is 0 Å². The number of rotatable bonds is 6. The first kappa shape index (κ1) is 13.6. The zero-order valence-electron chi connectivity index (χ0n) is 10.6. The average Bonchev–Trinajstić information content (AvgIpc) is 3.11. The van der Waals surface area contributed by atoms with Crippen LogP contribution in [0.3, 0.4) is 0 Å². The van der Waals surface area contributed by atoms with E-state index >= 15 is 0 Å². The minimum atomic E-state index is 0.111. The summed E-state index contributed by atoms with van der Waals surface area (Å²) in [5.74, 6) is 0.111. The minimum Gasteiger partial charge on any atom is -0.355 e. The monoisotopic (exact) mass is 310 g/mol. The second-order valence-electron chi connectivity index (χ2n) is 5.11. The molecule has 1 fully saturated rings. The number of hydrogen-bond donors (Lipinski definition) is 2. The van der Waals surface area contributed by atoms with E-state index in [1.54, 1.807) is 0 Å². The van der Waals surface area contributed by atoms with E-state index in [0.717, 1.165) is 23.1 Å². The van der Waals surface area contributed by atoms with Crippen LogP contribution >= 0.6 is 15.9 Å². The topological polar surface area (TPSA) is 41.1 Å². The van der Waals surface area contributed by atoms with E-state index < -0.39 is 0 Å². The number of hydrogen-bond acceptors (Lipinski definition) is 2. The van der Waals surface area contributed by atoms with Gasteiger partial charge >= 0.3 is 0 Å². The molecule has 0 aromatic heterocycles. The molecule has 0 atom stereocenters. The highest BCUT2D eigenvalue weighted by atomic mass is 79.9. The van der Waals surface area contributed by atoms with Crippen LogP contribution in [0.1, 0.15) is 18.4 Å². The van der Waals surface area contributed by atoms with Crippen molar-refractivity contribution in [1.82, 2.24) is 10.6 Å². The number of amides is 1. The molecule has 0 bridgehead atoms. The smallest absolute Gasteiger partial charge is 0.224 e. The highest BCUT2D eigenvalue weighted by Gasteiger charge is 2.41. The Hall–Kier alpha value is -0.870. The number of halogens is 1. The fourth-order valence-electron chi connectivity index (χ4n) is 2.10. The summed E-state index contributed by atoms with van der Waals surface area (Å²) in [6.45, 7) is 1.79. The fourth-order valence-corrected chi connectivity index (χ4v) is 2.37. The van der Waals surface area contributed by atoms with Crippen LogP contribution in [-0.2, 0) is 11.2 Å². The van der Waals surface area contributed by atoms with Gasteiger partial charge in [0.1, 0.15) is 0 Å². The van der Waals surface area contributed by atoms with Gasteiger partial charge in [-0.05, 0) is 37.6 Å². The van der Waals surface area contributed by atoms with Crippen LogP contribution in [0.15, 0.2) is 28.7 Å². The first-order chi connectivity index (χ1) is 8.63. The van der Waals surface area contributed by atoms with Crippen LogP contribution in [0.25, 0.3) is 0 Å². The van der Waals surface area contributed by atoms with Crippen LogP contribution in [0, 0.1) is 5.41 Å². The highest BCUT2D eigenvalue weighted by molar-refractivity contribution is 9.10. The zero-order valence-corrected chi connectivity index (χ0v) is 12.2. The molecule has 18 heavy (non-hydrogen) atoms. The SMILES string of the molecule is CNCC1(CNC(=O)Cc2ccc(Br)cc2)CC1. The zero-order chi connectivity index (χ0) is 13.0. The molecular weight excluding hydrogens is 292 g/mol. The van der Waals surface area contributed by atoms with Gasteiger partial charge in [0.2, 0.25) is 5.91 Å². The summed E-state index contributed by atoms with van der Waals surface area (Å²) in [5, 5.41) is 6.24. The molecule has 0 radical (unpaired) electrons. The van der Waals surface area contributed by atoms with Gasteiger partial charge < -0.3 is 10.6 Å². The van der Waals surface area contributed by atoms with E-state index in [1.165, 1.54) is 12.8 Å². The molecule has 2 N–H and O–H groups in total. The van der Waals surface area contributed by atoms with E-state index in [-0.39, 0.29) is 5.91 Å². The normalized spacial score (nSPS) is 16.3. The van der Waals surface area contributed by atoms with Crippen molar-refractivity contribution in [3.63, 3.8) is 0 Å². The van der Waals surface area contributed by atoms with Crippen LogP contribution in [0.2, 0.25) is 0 Å². The van der Waals surface area contributed by atoms with Gasteiger partial charge in [-0.1, -0.05) is 28.1 Å². The van der Waals surface area contributed by atoms with Crippen molar-refractivity contribution in [1.29, 1.82) is 0 Å². The molecule has 98 valence electrons. The van der Waals surface area contributed by atoms with E-state index in [1.807, 2.05) is 31.3 Å². The van der Waals surface area contributed by atoms with Gasteiger partial charge in [0.05, 0.1) is 6.42 Å². The standard InChI is InChI=1S/C14H19BrN2O/c1-16-9-14(6-7-14)10-17-13(18)8-11-2-4-12(15)5-3-11/h2-5,16H,6-10H2,1H3,(H,17,18). The van der Waals surface area contributed by atoms with Crippen LogP contribution < -0.4 is 10.6 Å². The van der Waals surface area contributed by atoms with Crippen molar-refractivity contribution in [3.8, 4) is 0 Å². The third-order valence-corrected chi connectivity index (χ3v) is 3.98. The van der Waals surface area contributed by atoms with Gasteiger partial charge in [-0.2, -0.15) is 0 Å². The Balaban J connectivity index is 1.77. The Bertz CT molecular complexity index is 412. The molecule has 1 amide bonds. The molecule has 2 rings (SSSR count). The maximum atomic E-state index is 11.8. The van der Waals surface area contributed by atoms with Gasteiger partial charge in [0.15, 0.2) is 0 Å². The van der Waals surface area contributed by atoms with Gasteiger partial charge in [0, 0.05) is 23.0 Å². The summed E-state index contributed by atoms with van der Waals surface area (Å²) >= 11 is 3.39. The third-order valence-electron chi connectivity index (χ3n) is 3.45. The lowest BCUT2D eigenvalue weighted by Crippen LogP contribution is -2.35. The second-order valence-corrected chi connectivity index (χ2v) is 6.03. The van der Waals surface area contributed by atoms with Crippen molar-refractivity contribution in [2.24, 2.45) is 5.41 Å². The van der Waals surface area contributed by atoms with Gasteiger partial charge in [-0.25, -0.2) is 0 Å². The molecule has 1 aliphatic carbocycles. The van der Waals surface area contributed by atoms with Crippen molar-refractivity contribution in [3.05, 3.63) is 34.3 Å². The van der Waals surface area contributed by atoms with Crippen LogP contribution in [-0.4, -0.2) is 26.0 Å². The molecule has 1 saturated carbocycles. The van der Waals surface area contributed by atoms with Gasteiger partial charge in [-0.3, -0.25) is 4.79 Å². The van der Waals surface area contributed by atoms with E-state index in [2.05, 4.69) is 26.6 Å². The molecule has 0 spiro atoms. The predicted octanol–water partition coefficient (Wildman–Crippen LogP) is 2.11. The summed E-state index contributed by atoms with van der Waals surface area (Å²) in [6, 6.07) is 7.88. The molecule has 0 unspecified atom stereocenters. The third kappa shape index (κ3) is 3.82. The van der Waals surface area contributed by atoms with Crippen molar-refractivity contribution in [2.45, 2.75) is 19.3 Å². The average molecular weight is 311 g/mol. The number of benzene rings is 1. The molecule has 1 aromatic rings. The first-order valence-corrected chi connectivity index (χ1v) is 7.09. The Labute approximate surface area is 116 Å². The summed E-state index contributed by atoms with van der Waals surface area (Å²) < 4.78 is 1.04. The molecule has 1 aromatic carbocycles. The summed E-state index contributed by atoms with van der Waals surface area (Å²) in [7, 11) is 1.96. The lowest BCUT2D eigenvalue weighted by atomic mass is 10.1. The van der Waals surface area contributed by atoms with Crippen LogP contribution in [0.5, 0.6) is 0 Å². The Morgan fingerprint density at radius 3 is 2.50 bits per heavy atom. The van der Waals surface area contributed by atoms with Gasteiger partial charge in [0.25, 0.3) is 0 Å². The largest absolute Gasteiger partial charge is 0.355 e. The van der Waals surface area contributed by atoms with E-state index in [9.17, 15) is 4.79 Å². The summed E-state index contributed by atoms with van der Waals surface area (Å²) in [4.78, 5) is 11.8. The summed E-state index contributed by atoms with van der Waals surface area (Å²) in [6.07, 6.45) is 2.89. The van der Waals surface area contributed by atoms with Crippen molar-refractivity contribution >= 4 is 21.8 Å². The molecule has 0 heterocycles. The second kappa shape index (κ2) is 5.85. The maximum absolute atomic E-state index is 11.8. The van der Waals surface area contributed by atoms with E-state index in [4.69, 9.17) is 0 Å². The molecule has 3 nitrogen and oxygen atoms in total. The molecule has 0 aliphatic heterocycles. The molecule has 0 saturated heterocycles. The first-order valence-electron chi connectivity index (χ1n) is 6.29. The number of carbonyl (C=O) groups is 1. The molecule has 1 aliphatic rings. The quantitative estimate of drug-likeness (QED) is 0.845. The number of nitrogens with one attached hydrogen (secondary N) is 2. The Morgan fingerprint density at radius 2 is 1.94 bits per heavy atom. The van der Waals surface area contributed by atoms with Crippen molar-refractivity contribution in [2.75, 3.05) is 20.1 Å². The maximum Gasteiger partial charge on any atom is 0.224 e. The fraction of sp³-hybridized carbons (Fsp3) is 0.500. The summed E-state index contributed by atoms with van der Waals surface area (Å²) in [5.41, 5.74) is 1.37.